The van der Waals surface area contributed by atoms with Crippen LogP contribution in [0.25, 0.3) is 16.7 Å². The lowest BCUT2D eigenvalue weighted by Gasteiger charge is -2.32. The molecule has 1 aliphatic heterocycles. The molecule has 0 atom stereocenters. The van der Waals surface area contributed by atoms with Crippen LogP contribution in [0.4, 0.5) is 20.4 Å². The third-order valence-corrected chi connectivity index (χ3v) is 4.76. The lowest BCUT2D eigenvalue weighted by molar-refractivity contribution is -0.129. The molecule has 10 nitrogen and oxygen atoms in total. The van der Waals surface area contributed by atoms with Gasteiger partial charge in [0.25, 0.3) is 0 Å². The standard InChI is InChI=1S/C18H18F2N8O2/c1-18(19,20)17-21-4-3-14(24-17)28-12-7-13(23-10-29)22-8-11(12)16(25-28)27-6-5-26(2)15(30)9-27/h3-4,7-8,10H,5-6,9H2,1-2H3,(H,22,23,29). The highest BCUT2D eigenvalue weighted by Crippen LogP contribution is 2.30. The number of alkyl halides is 2. The zero-order valence-electron chi connectivity index (χ0n) is 16.2. The average molecular weight is 416 g/mol. The predicted octanol–water partition coefficient (Wildman–Crippen LogP) is 1.17. The van der Waals surface area contributed by atoms with Crippen LogP contribution in [0.5, 0.6) is 0 Å². The van der Waals surface area contributed by atoms with E-state index in [0.717, 1.165) is 0 Å². The van der Waals surface area contributed by atoms with Gasteiger partial charge in [0, 0.05) is 51.6 Å². The summed E-state index contributed by atoms with van der Waals surface area (Å²) in [5, 5.41) is 7.59. The number of anilines is 2. The quantitative estimate of drug-likeness (QED) is 0.622. The number of fused-ring (bicyclic) bond motifs is 1. The fraction of sp³-hybridized carbons (Fsp3) is 0.333. The smallest absolute Gasteiger partial charge is 0.303 e. The maximum atomic E-state index is 13.7. The number of amides is 2. The van der Waals surface area contributed by atoms with Gasteiger partial charge in [0.05, 0.1) is 17.4 Å². The number of carbonyl (C=O) groups excluding carboxylic acids is 2. The largest absolute Gasteiger partial charge is 0.343 e. The van der Waals surface area contributed by atoms with Gasteiger partial charge >= 0.3 is 5.92 Å². The molecular formula is C18H18F2N8O2. The van der Waals surface area contributed by atoms with Crippen molar-refractivity contribution in [1.29, 1.82) is 0 Å². The monoisotopic (exact) mass is 416 g/mol. The molecule has 156 valence electrons. The van der Waals surface area contributed by atoms with Crippen LogP contribution in [-0.2, 0) is 15.5 Å². The summed E-state index contributed by atoms with van der Waals surface area (Å²) >= 11 is 0. The van der Waals surface area contributed by atoms with Crippen LogP contribution in [0.1, 0.15) is 12.7 Å². The number of hydrogen-bond donors (Lipinski definition) is 1. The molecule has 0 aromatic carbocycles. The first-order chi connectivity index (χ1) is 14.3. The van der Waals surface area contributed by atoms with Crippen molar-refractivity contribution in [3.63, 3.8) is 0 Å². The molecule has 1 N–H and O–H groups in total. The number of rotatable bonds is 5. The van der Waals surface area contributed by atoms with Gasteiger partial charge in [-0.3, -0.25) is 9.59 Å². The number of pyridine rings is 1. The van der Waals surface area contributed by atoms with Crippen molar-refractivity contribution >= 4 is 34.9 Å². The van der Waals surface area contributed by atoms with Gasteiger partial charge in [-0.1, -0.05) is 0 Å². The fourth-order valence-electron chi connectivity index (χ4n) is 3.16. The summed E-state index contributed by atoms with van der Waals surface area (Å²) in [5.74, 6) is -3.07. The van der Waals surface area contributed by atoms with E-state index in [2.05, 4.69) is 25.4 Å². The summed E-state index contributed by atoms with van der Waals surface area (Å²) < 4.78 is 28.9. The first-order valence-corrected chi connectivity index (χ1v) is 9.07. The van der Waals surface area contributed by atoms with Gasteiger partial charge in [-0.2, -0.15) is 8.78 Å². The van der Waals surface area contributed by atoms with Crippen molar-refractivity contribution in [2.45, 2.75) is 12.8 Å². The Morgan fingerprint density at radius 3 is 2.77 bits per heavy atom. The number of nitrogens with zero attached hydrogens (tertiary/aromatic N) is 7. The predicted molar refractivity (Wildman–Crippen MR) is 104 cm³/mol. The van der Waals surface area contributed by atoms with Crippen molar-refractivity contribution in [3.8, 4) is 5.82 Å². The van der Waals surface area contributed by atoms with Crippen LogP contribution in [0, 0.1) is 0 Å². The van der Waals surface area contributed by atoms with E-state index in [0.29, 0.717) is 43.1 Å². The summed E-state index contributed by atoms with van der Waals surface area (Å²) in [6.45, 7) is 1.90. The fourth-order valence-corrected chi connectivity index (χ4v) is 3.16. The molecule has 3 aromatic heterocycles. The second-order valence-corrected chi connectivity index (χ2v) is 6.95. The number of hydrogen-bond acceptors (Lipinski definition) is 7. The molecule has 3 aromatic rings. The zero-order chi connectivity index (χ0) is 21.5. The molecule has 2 amide bonds. The van der Waals surface area contributed by atoms with Crippen LogP contribution in [-0.4, -0.2) is 68.6 Å². The summed E-state index contributed by atoms with van der Waals surface area (Å²) in [6.07, 6.45) is 3.22. The van der Waals surface area contributed by atoms with Gasteiger partial charge in [0.1, 0.15) is 5.82 Å². The van der Waals surface area contributed by atoms with Crippen LogP contribution >= 0.6 is 0 Å². The zero-order valence-corrected chi connectivity index (χ0v) is 16.2. The van der Waals surface area contributed by atoms with E-state index in [1.54, 1.807) is 22.9 Å². The molecule has 1 aliphatic rings. The second-order valence-electron chi connectivity index (χ2n) is 6.95. The third kappa shape index (κ3) is 3.51. The highest BCUT2D eigenvalue weighted by molar-refractivity contribution is 5.95. The van der Waals surface area contributed by atoms with Crippen molar-refractivity contribution in [2.24, 2.45) is 0 Å². The van der Waals surface area contributed by atoms with Crippen molar-refractivity contribution in [3.05, 3.63) is 30.4 Å². The molecule has 12 heteroatoms. The normalized spacial score (nSPS) is 15.0. The van der Waals surface area contributed by atoms with Crippen molar-refractivity contribution in [2.75, 3.05) is 36.9 Å². The number of piperazine rings is 1. The van der Waals surface area contributed by atoms with Crippen LogP contribution < -0.4 is 10.2 Å². The van der Waals surface area contributed by atoms with E-state index in [4.69, 9.17) is 0 Å². The summed E-state index contributed by atoms with van der Waals surface area (Å²) in [6, 6.07) is 3.01. The Kier molecular flexibility index (Phi) is 4.76. The molecule has 0 saturated carbocycles. The Bertz CT molecular complexity index is 1130. The molecular weight excluding hydrogens is 398 g/mol. The molecule has 1 saturated heterocycles. The van der Waals surface area contributed by atoms with E-state index < -0.39 is 11.7 Å². The Balaban J connectivity index is 1.87. The Morgan fingerprint density at radius 2 is 2.07 bits per heavy atom. The first-order valence-electron chi connectivity index (χ1n) is 9.07. The second kappa shape index (κ2) is 7.28. The highest BCUT2D eigenvalue weighted by atomic mass is 19.3. The number of carbonyl (C=O) groups is 2. The summed E-state index contributed by atoms with van der Waals surface area (Å²) in [5.41, 5.74) is 0.486. The lowest BCUT2D eigenvalue weighted by Crippen LogP contribution is -2.48. The molecule has 0 aliphatic carbocycles. The summed E-state index contributed by atoms with van der Waals surface area (Å²) in [7, 11) is 1.72. The van der Waals surface area contributed by atoms with Gasteiger partial charge in [0.15, 0.2) is 11.6 Å². The Hall–Kier alpha value is -3.70. The van der Waals surface area contributed by atoms with E-state index in [9.17, 15) is 18.4 Å². The number of likely N-dealkylation sites (N-methyl/N-ethyl adjacent to an activating group) is 1. The number of nitrogens with one attached hydrogen (secondary N) is 1. The minimum atomic E-state index is -3.22. The minimum Gasteiger partial charge on any atom is -0.343 e. The molecule has 0 unspecified atom stereocenters. The lowest BCUT2D eigenvalue weighted by atomic mass is 10.2. The van der Waals surface area contributed by atoms with Gasteiger partial charge in [-0.15, -0.1) is 5.10 Å². The van der Waals surface area contributed by atoms with Crippen molar-refractivity contribution < 1.29 is 18.4 Å². The van der Waals surface area contributed by atoms with E-state index in [1.807, 2.05) is 0 Å². The van der Waals surface area contributed by atoms with Crippen molar-refractivity contribution in [1.82, 2.24) is 29.6 Å². The first kappa shape index (κ1) is 19.6. The Labute approximate surface area is 169 Å². The molecule has 0 radical (unpaired) electrons. The van der Waals surface area contributed by atoms with Crippen LogP contribution in [0.2, 0.25) is 0 Å². The number of aromatic nitrogens is 5. The van der Waals surface area contributed by atoms with Gasteiger partial charge < -0.3 is 15.1 Å². The maximum Gasteiger partial charge on any atom is 0.303 e. The minimum absolute atomic E-state index is 0.0638. The van der Waals surface area contributed by atoms with E-state index in [1.165, 1.54) is 23.1 Å². The van der Waals surface area contributed by atoms with Gasteiger partial charge in [-0.25, -0.2) is 19.6 Å². The number of halogens is 2. The Morgan fingerprint density at radius 1 is 1.27 bits per heavy atom. The topological polar surface area (TPSA) is 109 Å². The molecule has 4 rings (SSSR count). The molecule has 4 heterocycles. The molecule has 30 heavy (non-hydrogen) atoms. The van der Waals surface area contributed by atoms with E-state index >= 15 is 0 Å². The molecule has 0 bridgehead atoms. The molecule has 0 spiro atoms. The summed E-state index contributed by atoms with van der Waals surface area (Å²) in [4.78, 5) is 38.2. The SMILES string of the molecule is CN1CCN(c2nn(-c3ccnc(C(C)(F)F)n3)c3cc(NC=O)ncc23)CC1=O. The maximum absolute atomic E-state index is 13.7. The molecule has 1 fully saturated rings. The van der Waals surface area contributed by atoms with Crippen LogP contribution in [0.3, 0.4) is 0 Å². The van der Waals surface area contributed by atoms with Gasteiger partial charge in [-0.05, 0) is 0 Å². The van der Waals surface area contributed by atoms with Crippen LogP contribution in [0.15, 0.2) is 24.5 Å². The van der Waals surface area contributed by atoms with E-state index in [-0.39, 0.29) is 24.1 Å². The third-order valence-electron chi connectivity index (χ3n) is 4.76. The highest BCUT2D eigenvalue weighted by Gasteiger charge is 2.30. The van der Waals surface area contributed by atoms with Gasteiger partial charge in [0.2, 0.25) is 18.1 Å². The average Bonchev–Trinajstić information content (AvgIpc) is 3.09.